The molecule has 12 heteroatoms. The van der Waals surface area contributed by atoms with Gasteiger partial charge in [-0.1, -0.05) is 0 Å². The normalized spacial score (nSPS) is 11.4. The van der Waals surface area contributed by atoms with Gasteiger partial charge in [-0.15, -0.1) is 0 Å². The Balaban J connectivity index is 1.52. The number of hydrogen-bond donors (Lipinski definition) is 2. The van der Waals surface area contributed by atoms with Gasteiger partial charge in [0.15, 0.2) is 0 Å². The average molecular weight is 565 g/mol. The highest BCUT2D eigenvalue weighted by Gasteiger charge is 2.22. The van der Waals surface area contributed by atoms with E-state index < -0.39 is 7.14 Å². The number of benzene rings is 2. The van der Waals surface area contributed by atoms with Crippen LogP contribution in [0.2, 0.25) is 0 Å². The molecule has 0 amide bonds. The number of aromatic nitrogens is 6. The van der Waals surface area contributed by atoms with Crippen molar-refractivity contribution >= 4 is 62.6 Å². The van der Waals surface area contributed by atoms with Gasteiger partial charge in [0, 0.05) is 36.7 Å². The number of hydrogen-bond acceptors (Lipinski definition) is 9. The van der Waals surface area contributed by atoms with Crippen molar-refractivity contribution in [3.05, 3.63) is 72.1 Å². The third-order valence-corrected chi connectivity index (χ3v) is 7.49. The number of methoxy groups -OCH3 is 1. The van der Waals surface area contributed by atoms with Gasteiger partial charge in [-0.3, -0.25) is 9.97 Å². The molecule has 0 atom stereocenters. The lowest BCUT2D eigenvalue weighted by atomic mass is 10.2. The minimum Gasteiger partial charge on any atom is -0.495 e. The molecule has 0 saturated carbocycles. The minimum atomic E-state index is -2.72. The molecule has 0 radical (unpaired) electrons. The van der Waals surface area contributed by atoms with Gasteiger partial charge in [-0.05, 0) is 59.6 Å². The molecule has 5 rings (SSSR count). The second kappa shape index (κ2) is 9.67. The summed E-state index contributed by atoms with van der Waals surface area (Å²) >= 11 is 3.52. The third kappa shape index (κ3) is 4.80. The first-order valence-electron chi connectivity index (χ1n) is 10.9. The van der Waals surface area contributed by atoms with Crippen LogP contribution in [0, 0.1) is 0 Å². The SMILES string of the molecule is COc1ccc(-n2ccnc2)cc1Nc1ncc(Br)c(Nc2ccc3nccnc3c2P(C)(C)=O)n1. The Morgan fingerprint density at radius 2 is 1.83 bits per heavy atom. The summed E-state index contributed by atoms with van der Waals surface area (Å²) in [6.07, 6.45) is 10.1. The topological polar surface area (TPSA) is 120 Å². The summed E-state index contributed by atoms with van der Waals surface area (Å²) in [5, 5.41) is 7.15. The van der Waals surface area contributed by atoms with Crippen LogP contribution in [0.1, 0.15) is 0 Å². The second-order valence-electron chi connectivity index (χ2n) is 8.23. The zero-order valence-corrected chi connectivity index (χ0v) is 22.2. The number of imidazole rings is 1. The first kappa shape index (κ1) is 23.9. The molecule has 182 valence electrons. The van der Waals surface area contributed by atoms with Crippen LogP contribution in [0.15, 0.2) is 72.1 Å². The van der Waals surface area contributed by atoms with Gasteiger partial charge in [-0.25, -0.2) is 9.97 Å². The Bertz CT molecular complexity index is 1600. The van der Waals surface area contributed by atoms with Gasteiger partial charge in [0.25, 0.3) is 0 Å². The molecular weight excluding hydrogens is 543 g/mol. The van der Waals surface area contributed by atoms with Crippen molar-refractivity contribution in [3.8, 4) is 11.4 Å². The molecule has 36 heavy (non-hydrogen) atoms. The summed E-state index contributed by atoms with van der Waals surface area (Å²) in [5.41, 5.74) is 3.50. The predicted molar refractivity (Wildman–Crippen MR) is 145 cm³/mol. The average Bonchev–Trinajstić information content (AvgIpc) is 3.40. The summed E-state index contributed by atoms with van der Waals surface area (Å²) in [4.78, 5) is 22.0. The molecule has 10 nitrogen and oxygen atoms in total. The maximum Gasteiger partial charge on any atom is 0.229 e. The molecule has 0 aliphatic rings. The van der Waals surface area contributed by atoms with E-state index in [0.29, 0.717) is 49.7 Å². The van der Waals surface area contributed by atoms with Crippen LogP contribution in [-0.2, 0) is 4.57 Å². The van der Waals surface area contributed by atoms with Crippen molar-refractivity contribution in [1.82, 2.24) is 29.5 Å². The highest BCUT2D eigenvalue weighted by Crippen LogP contribution is 2.41. The molecule has 2 aromatic carbocycles. The molecule has 0 unspecified atom stereocenters. The van der Waals surface area contributed by atoms with Crippen LogP contribution in [0.25, 0.3) is 16.7 Å². The van der Waals surface area contributed by atoms with Crippen LogP contribution >= 0.6 is 23.1 Å². The van der Waals surface area contributed by atoms with E-state index in [1.165, 1.54) is 0 Å². The molecule has 0 aliphatic carbocycles. The number of ether oxygens (including phenoxy) is 1. The number of rotatable bonds is 7. The van der Waals surface area contributed by atoms with Gasteiger partial charge in [0.05, 0.1) is 40.1 Å². The van der Waals surface area contributed by atoms with Crippen LogP contribution in [-0.4, -0.2) is 49.9 Å². The molecule has 0 spiro atoms. The van der Waals surface area contributed by atoms with Crippen molar-refractivity contribution in [2.24, 2.45) is 0 Å². The summed E-state index contributed by atoms with van der Waals surface area (Å²) in [6.45, 7) is 3.42. The molecule has 0 saturated heterocycles. The molecule has 0 fully saturated rings. The van der Waals surface area contributed by atoms with Crippen molar-refractivity contribution < 1.29 is 9.30 Å². The van der Waals surface area contributed by atoms with E-state index >= 15 is 0 Å². The quantitative estimate of drug-likeness (QED) is 0.260. The van der Waals surface area contributed by atoms with Gasteiger partial charge in [-0.2, -0.15) is 4.98 Å². The molecular formula is C24H22BrN8O2P. The van der Waals surface area contributed by atoms with E-state index in [0.717, 1.165) is 5.69 Å². The second-order valence-corrected chi connectivity index (χ2v) is 12.2. The fraction of sp³-hybridized carbons (Fsp3) is 0.125. The summed E-state index contributed by atoms with van der Waals surface area (Å²) in [6, 6.07) is 9.39. The van der Waals surface area contributed by atoms with Crippen molar-refractivity contribution in [3.63, 3.8) is 0 Å². The lowest BCUT2D eigenvalue weighted by molar-refractivity contribution is 0.416. The Morgan fingerprint density at radius 3 is 2.58 bits per heavy atom. The Kier molecular flexibility index (Phi) is 6.42. The van der Waals surface area contributed by atoms with E-state index in [-0.39, 0.29) is 0 Å². The van der Waals surface area contributed by atoms with Crippen LogP contribution < -0.4 is 20.7 Å². The number of nitrogens with zero attached hydrogens (tertiary/aromatic N) is 6. The lowest BCUT2D eigenvalue weighted by Crippen LogP contribution is -2.14. The predicted octanol–water partition coefficient (Wildman–Crippen LogP) is 5.11. The van der Waals surface area contributed by atoms with Crippen LogP contribution in [0.4, 0.5) is 23.1 Å². The Morgan fingerprint density at radius 1 is 1.00 bits per heavy atom. The van der Waals surface area contributed by atoms with E-state index in [2.05, 4.69) is 51.5 Å². The first-order valence-corrected chi connectivity index (χ1v) is 14.2. The van der Waals surface area contributed by atoms with E-state index in [1.807, 2.05) is 41.1 Å². The van der Waals surface area contributed by atoms with E-state index in [4.69, 9.17) is 4.74 Å². The Hall–Kier alpha value is -3.82. The fourth-order valence-corrected chi connectivity index (χ4v) is 5.48. The molecule has 0 aliphatic heterocycles. The largest absolute Gasteiger partial charge is 0.495 e. The number of nitrogens with one attached hydrogen (secondary N) is 2. The van der Waals surface area contributed by atoms with Crippen molar-refractivity contribution in [2.75, 3.05) is 31.1 Å². The maximum atomic E-state index is 13.2. The third-order valence-electron chi connectivity index (χ3n) is 5.38. The number of halogens is 1. The highest BCUT2D eigenvalue weighted by atomic mass is 79.9. The van der Waals surface area contributed by atoms with Crippen molar-refractivity contribution in [2.45, 2.75) is 0 Å². The highest BCUT2D eigenvalue weighted by molar-refractivity contribution is 9.10. The fourth-order valence-electron chi connectivity index (χ4n) is 3.80. The Labute approximate surface area is 215 Å². The zero-order valence-electron chi connectivity index (χ0n) is 19.7. The smallest absolute Gasteiger partial charge is 0.229 e. The molecule has 5 aromatic rings. The monoisotopic (exact) mass is 564 g/mol. The van der Waals surface area contributed by atoms with Crippen LogP contribution in [0.5, 0.6) is 5.75 Å². The van der Waals surface area contributed by atoms with Crippen LogP contribution in [0.3, 0.4) is 0 Å². The summed E-state index contributed by atoms with van der Waals surface area (Å²) < 4.78 is 21.3. The van der Waals surface area contributed by atoms with Gasteiger partial charge in [0.1, 0.15) is 24.2 Å². The molecule has 3 heterocycles. The number of anilines is 4. The zero-order chi connectivity index (χ0) is 25.3. The van der Waals surface area contributed by atoms with Gasteiger partial charge in [0.2, 0.25) is 5.95 Å². The van der Waals surface area contributed by atoms with Crippen molar-refractivity contribution in [1.29, 1.82) is 0 Å². The summed E-state index contributed by atoms with van der Waals surface area (Å²) in [7, 11) is -1.12. The summed E-state index contributed by atoms with van der Waals surface area (Å²) in [5.74, 6) is 1.48. The molecule has 3 aromatic heterocycles. The maximum absolute atomic E-state index is 13.2. The van der Waals surface area contributed by atoms with Gasteiger partial charge < -0.3 is 24.5 Å². The minimum absolute atomic E-state index is 0.347. The standard InChI is InChI=1S/C24H22BrN8O2P/c1-35-20-7-4-15(33-11-10-26-14-33)12-19(20)31-24-29-13-16(25)23(32-24)30-18-6-5-17-21(28-9-8-27-17)22(18)36(2,3)34/h4-14H,1-3H3,(H2,29,30,31,32). The van der Waals surface area contributed by atoms with E-state index in [9.17, 15) is 4.57 Å². The molecule has 2 N–H and O–H groups in total. The number of fused-ring (bicyclic) bond motifs is 1. The molecule has 0 bridgehead atoms. The van der Waals surface area contributed by atoms with Gasteiger partial charge >= 0.3 is 0 Å². The van der Waals surface area contributed by atoms with E-state index in [1.54, 1.807) is 51.6 Å². The lowest BCUT2D eigenvalue weighted by Gasteiger charge is -2.18. The first-order chi connectivity index (χ1) is 17.3.